The molecule has 1 amide bonds. The molecule has 0 atom stereocenters. The molecule has 1 aromatic heterocycles. The predicted octanol–water partition coefficient (Wildman–Crippen LogP) is 3.57. The molecule has 0 unspecified atom stereocenters. The van der Waals surface area contributed by atoms with Gasteiger partial charge in [0.2, 0.25) is 0 Å². The van der Waals surface area contributed by atoms with Gasteiger partial charge >= 0.3 is 0 Å². The van der Waals surface area contributed by atoms with Crippen molar-refractivity contribution in [3.8, 4) is 5.75 Å². The molecular weight excluding hydrogens is 283 g/mol. The van der Waals surface area contributed by atoms with Crippen molar-refractivity contribution in [3.05, 3.63) is 47.0 Å². The van der Waals surface area contributed by atoms with E-state index in [9.17, 15) is 9.18 Å². The van der Waals surface area contributed by atoms with Crippen LogP contribution in [0.3, 0.4) is 0 Å². The zero-order chi connectivity index (χ0) is 14.3. The van der Waals surface area contributed by atoms with Crippen molar-refractivity contribution in [3.63, 3.8) is 0 Å². The van der Waals surface area contributed by atoms with E-state index in [1.807, 2.05) is 4.57 Å². The first kappa shape index (κ1) is 13.0. The molecule has 2 aromatic rings. The van der Waals surface area contributed by atoms with E-state index in [0.717, 1.165) is 18.9 Å². The fourth-order valence-electron chi connectivity index (χ4n) is 2.06. The van der Waals surface area contributed by atoms with Gasteiger partial charge in [-0.05, 0) is 31.0 Å². The maximum absolute atomic E-state index is 13.2. The van der Waals surface area contributed by atoms with Crippen LogP contribution in [0.1, 0.15) is 29.4 Å². The first-order valence-electron chi connectivity index (χ1n) is 6.22. The summed E-state index contributed by atoms with van der Waals surface area (Å²) in [6, 6.07) is 5.60. The summed E-state index contributed by atoms with van der Waals surface area (Å²) in [5, 5.41) is 12.2. The minimum absolute atomic E-state index is 0.282. The van der Waals surface area contributed by atoms with Gasteiger partial charge in [-0.25, -0.2) is 4.39 Å². The molecule has 104 valence electrons. The zero-order valence-corrected chi connectivity index (χ0v) is 11.2. The molecule has 20 heavy (non-hydrogen) atoms. The van der Waals surface area contributed by atoms with Crippen molar-refractivity contribution in [2.24, 2.45) is 0 Å². The highest BCUT2D eigenvalue weighted by molar-refractivity contribution is 6.31. The smallest absolute Gasteiger partial charge is 0.272 e. The monoisotopic (exact) mass is 294 g/mol. The molecule has 0 aliphatic heterocycles. The first-order valence-corrected chi connectivity index (χ1v) is 6.59. The number of aromatic nitrogens is 1. The number of benzene rings is 1. The van der Waals surface area contributed by atoms with E-state index in [0.29, 0.717) is 16.8 Å². The first-order chi connectivity index (χ1) is 9.54. The van der Waals surface area contributed by atoms with Gasteiger partial charge in [0, 0.05) is 24.0 Å². The molecule has 2 N–H and O–H groups in total. The Morgan fingerprint density at radius 2 is 2.15 bits per heavy atom. The van der Waals surface area contributed by atoms with Crippen LogP contribution in [0, 0.1) is 5.82 Å². The maximum Gasteiger partial charge on any atom is 0.272 e. The average molecular weight is 295 g/mol. The third-order valence-electron chi connectivity index (χ3n) is 3.19. The standard InChI is InChI=1S/C14H12ClFN2O2/c15-8-5-12(18(7-8)10-2-3-10)14(20)17-9-1-4-13(19)11(16)6-9/h1,4-7,10,19H,2-3H2,(H,17,20). The van der Waals surface area contributed by atoms with Crippen LogP contribution >= 0.6 is 11.6 Å². The molecule has 0 radical (unpaired) electrons. The molecule has 0 spiro atoms. The van der Waals surface area contributed by atoms with Gasteiger partial charge in [0.1, 0.15) is 5.69 Å². The van der Waals surface area contributed by atoms with Crippen LogP contribution in [0.15, 0.2) is 30.5 Å². The Morgan fingerprint density at radius 3 is 2.80 bits per heavy atom. The minimum Gasteiger partial charge on any atom is -0.505 e. The van der Waals surface area contributed by atoms with Crippen molar-refractivity contribution < 1.29 is 14.3 Å². The third kappa shape index (κ3) is 2.49. The molecule has 1 heterocycles. The van der Waals surface area contributed by atoms with Crippen LogP contribution in [-0.2, 0) is 0 Å². The number of anilines is 1. The normalized spacial score (nSPS) is 14.3. The number of nitrogens with one attached hydrogen (secondary N) is 1. The largest absolute Gasteiger partial charge is 0.505 e. The average Bonchev–Trinajstić information content (AvgIpc) is 3.17. The van der Waals surface area contributed by atoms with Crippen molar-refractivity contribution in [2.75, 3.05) is 5.32 Å². The topological polar surface area (TPSA) is 54.3 Å². The summed E-state index contributed by atoms with van der Waals surface area (Å²) >= 11 is 5.94. The van der Waals surface area contributed by atoms with Crippen LogP contribution in [0.5, 0.6) is 5.75 Å². The number of hydrogen-bond acceptors (Lipinski definition) is 2. The second-order valence-corrected chi connectivity index (χ2v) is 5.24. The van der Waals surface area contributed by atoms with Crippen LogP contribution in [0.4, 0.5) is 10.1 Å². The lowest BCUT2D eigenvalue weighted by molar-refractivity contribution is 0.101. The summed E-state index contributed by atoms with van der Waals surface area (Å²) in [5.74, 6) is -1.58. The van der Waals surface area contributed by atoms with E-state index in [4.69, 9.17) is 16.7 Å². The van der Waals surface area contributed by atoms with E-state index in [1.54, 1.807) is 12.3 Å². The predicted molar refractivity (Wildman–Crippen MR) is 73.7 cm³/mol. The molecule has 1 aliphatic carbocycles. The van der Waals surface area contributed by atoms with Gasteiger partial charge < -0.3 is 15.0 Å². The Hall–Kier alpha value is -2.01. The molecule has 1 aliphatic rings. The number of nitrogens with zero attached hydrogens (tertiary/aromatic N) is 1. The Labute approximate surface area is 119 Å². The third-order valence-corrected chi connectivity index (χ3v) is 3.40. The number of phenolic OH excluding ortho intramolecular Hbond substituents is 1. The second kappa shape index (κ2) is 4.83. The summed E-state index contributed by atoms with van der Waals surface area (Å²) in [4.78, 5) is 12.2. The number of carbonyl (C=O) groups is 1. The van der Waals surface area contributed by atoms with Gasteiger partial charge in [0.25, 0.3) is 5.91 Å². The summed E-state index contributed by atoms with van der Waals surface area (Å²) in [6.07, 6.45) is 3.78. The van der Waals surface area contributed by atoms with Crippen molar-refractivity contribution in [1.82, 2.24) is 4.57 Å². The fraction of sp³-hybridized carbons (Fsp3) is 0.214. The van der Waals surface area contributed by atoms with E-state index >= 15 is 0 Å². The van der Waals surface area contributed by atoms with Gasteiger partial charge in [0.15, 0.2) is 11.6 Å². The molecular formula is C14H12ClFN2O2. The van der Waals surface area contributed by atoms with Crippen LogP contribution in [0.2, 0.25) is 5.02 Å². The Balaban J connectivity index is 1.84. The van der Waals surface area contributed by atoms with Crippen molar-refractivity contribution >= 4 is 23.2 Å². The Morgan fingerprint density at radius 1 is 1.40 bits per heavy atom. The van der Waals surface area contributed by atoms with E-state index < -0.39 is 11.6 Å². The number of carbonyl (C=O) groups excluding carboxylic acids is 1. The van der Waals surface area contributed by atoms with Crippen LogP contribution in [-0.4, -0.2) is 15.6 Å². The van der Waals surface area contributed by atoms with Gasteiger partial charge in [-0.3, -0.25) is 4.79 Å². The molecule has 0 saturated heterocycles. The minimum atomic E-state index is -0.779. The Bertz CT molecular complexity index is 680. The number of halogens is 2. The fourth-order valence-corrected chi connectivity index (χ4v) is 2.27. The maximum atomic E-state index is 13.2. The highest BCUT2D eigenvalue weighted by Crippen LogP contribution is 2.37. The van der Waals surface area contributed by atoms with Crippen LogP contribution in [0.25, 0.3) is 0 Å². The number of rotatable bonds is 3. The quantitative estimate of drug-likeness (QED) is 0.850. The van der Waals surface area contributed by atoms with Gasteiger partial charge in [-0.15, -0.1) is 0 Å². The summed E-state index contributed by atoms with van der Waals surface area (Å²) in [5.41, 5.74) is 0.732. The lowest BCUT2D eigenvalue weighted by Crippen LogP contribution is -2.16. The molecule has 6 heteroatoms. The number of hydrogen-bond donors (Lipinski definition) is 2. The summed E-state index contributed by atoms with van der Waals surface area (Å²) in [7, 11) is 0. The summed E-state index contributed by atoms with van der Waals surface area (Å²) in [6.45, 7) is 0. The molecule has 1 aromatic carbocycles. The molecule has 1 saturated carbocycles. The SMILES string of the molecule is O=C(Nc1ccc(O)c(F)c1)c1cc(Cl)cn1C1CC1. The van der Waals surface area contributed by atoms with Crippen molar-refractivity contribution in [1.29, 1.82) is 0 Å². The van der Waals surface area contributed by atoms with Gasteiger partial charge in [0.05, 0.1) is 5.02 Å². The van der Waals surface area contributed by atoms with Crippen molar-refractivity contribution in [2.45, 2.75) is 18.9 Å². The highest BCUT2D eigenvalue weighted by atomic mass is 35.5. The van der Waals surface area contributed by atoms with Gasteiger partial charge in [-0.2, -0.15) is 0 Å². The van der Waals surface area contributed by atoms with E-state index in [1.165, 1.54) is 12.1 Å². The van der Waals surface area contributed by atoms with E-state index in [-0.39, 0.29) is 11.6 Å². The lowest BCUT2D eigenvalue weighted by atomic mass is 10.2. The molecule has 3 rings (SSSR count). The van der Waals surface area contributed by atoms with E-state index in [2.05, 4.69) is 5.32 Å². The summed E-state index contributed by atoms with van der Waals surface area (Å²) < 4.78 is 15.1. The van der Waals surface area contributed by atoms with Gasteiger partial charge in [-0.1, -0.05) is 11.6 Å². The zero-order valence-electron chi connectivity index (χ0n) is 10.4. The molecule has 4 nitrogen and oxygen atoms in total. The van der Waals surface area contributed by atoms with Crippen LogP contribution < -0.4 is 5.32 Å². The molecule has 1 fully saturated rings. The molecule has 0 bridgehead atoms. The number of amides is 1. The lowest BCUT2D eigenvalue weighted by Gasteiger charge is -2.09. The Kier molecular flexibility index (Phi) is 3.14. The number of phenols is 1. The highest BCUT2D eigenvalue weighted by Gasteiger charge is 2.27. The second-order valence-electron chi connectivity index (χ2n) is 4.80. The number of aromatic hydroxyl groups is 1.